The maximum absolute atomic E-state index is 12.2. The van der Waals surface area contributed by atoms with Gasteiger partial charge < -0.3 is 20.1 Å². The Morgan fingerprint density at radius 2 is 1.85 bits per heavy atom. The van der Waals surface area contributed by atoms with E-state index in [1.54, 1.807) is 7.11 Å². The molecule has 0 aliphatic heterocycles. The summed E-state index contributed by atoms with van der Waals surface area (Å²) < 4.78 is 12.3. The first kappa shape index (κ1) is 22.0. The summed E-state index contributed by atoms with van der Waals surface area (Å²) in [7, 11) is 1.62. The van der Waals surface area contributed by atoms with Gasteiger partial charge in [-0.2, -0.15) is 0 Å². The normalized spacial score (nSPS) is 15.9. The molecule has 6 heteroatoms. The van der Waals surface area contributed by atoms with Crippen molar-refractivity contribution in [3.63, 3.8) is 0 Å². The largest absolute Gasteiger partial charge is 0.493 e. The van der Waals surface area contributed by atoms with Gasteiger partial charge in [0, 0.05) is 28.2 Å². The predicted octanol–water partition coefficient (Wildman–Crippen LogP) is 4.56. The molecular formula is C21H33BrN2O3. The van der Waals surface area contributed by atoms with Crippen LogP contribution in [0.5, 0.6) is 11.5 Å². The minimum atomic E-state index is -0.286. The molecule has 2 rings (SSSR count). The summed E-state index contributed by atoms with van der Waals surface area (Å²) in [5.41, 5.74) is 0.702. The summed E-state index contributed by atoms with van der Waals surface area (Å²) >= 11 is 3.63. The zero-order chi connectivity index (χ0) is 19.9. The van der Waals surface area contributed by atoms with Gasteiger partial charge in [0.15, 0.2) is 18.1 Å². The van der Waals surface area contributed by atoms with Gasteiger partial charge in [-0.3, -0.25) is 4.79 Å². The zero-order valence-electron chi connectivity index (χ0n) is 17.0. The van der Waals surface area contributed by atoms with E-state index in [0.717, 1.165) is 10.0 Å². The highest BCUT2D eigenvalue weighted by atomic mass is 79.9. The van der Waals surface area contributed by atoms with Crippen LogP contribution in [-0.4, -0.2) is 31.2 Å². The van der Waals surface area contributed by atoms with E-state index in [2.05, 4.69) is 26.6 Å². The minimum Gasteiger partial charge on any atom is -0.493 e. The minimum absolute atomic E-state index is 0.0412. The van der Waals surface area contributed by atoms with Crippen LogP contribution >= 0.6 is 15.9 Å². The number of ether oxygens (including phenoxy) is 2. The molecule has 27 heavy (non-hydrogen) atoms. The van der Waals surface area contributed by atoms with E-state index in [1.165, 1.54) is 38.5 Å². The lowest BCUT2D eigenvalue weighted by Gasteiger charge is -2.22. The summed E-state index contributed by atoms with van der Waals surface area (Å²) in [6.07, 6.45) is 7.66. The van der Waals surface area contributed by atoms with Gasteiger partial charge in [-0.25, -0.2) is 0 Å². The lowest BCUT2D eigenvalue weighted by molar-refractivity contribution is -0.124. The van der Waals surface area contributed by atoms with Crippen LogP contribution in [-0.2, 0) is 11.3 Å². The van der Waals surface area contributed by atoms with E-state index in [-0.39, 0.29) is 18.1 Å². The average Bonchev–Trinajstić information content (AvgIpc) is 2.86. The number of carbonyl (C=O) groups excluding carboxylic acids is 1. The van der Waals surface area contributed by atoms with Crippen LogP contribution in [0.25, 0.3) is 0 Å². The highest BCUT2D eigenvalue weighted by molar-refractivity contribution is 9.10. The summed E-state index contributed by atoms with van der Waals surface area (Å²) in [5.74, 6) is 1.11. The molecule has 2 N–H and O–H groups in total. The van der Waals surface area contributed by atoms with Crippen molar-refractivity contribution >= 4 is 21.8 Å². The second kappa shape index (κ2) is 10.3. The second-order valence-electron chi connectivity index (χ2n) is 8.21. The van der Waals surface area contributed by atoms with Gasteiger partial charge in [0.25, 0.3) is 5.91 Å². The van der Waals surface area contributed by atoms with Crippen molar-refractivity contribution in [2.45, 2.75) is 77.4 Å². The third-order valence-electron chi connectivity index (χ3n) is 4.67. The molecule has 1 aliphatic rings. The van der Waals surface area contributed by atoms with Crippen LogP contribution in [0.1, 0.15) is 64.9 Å². The summed E-state index contributed by atoms with van der Waals surface area (Å²) in [6.45, 7) is 6.49. The first-order valence-electron chi connectivity index (χ1n) is 9.82. The molecule has 1 fully saturated rings. The highest BCUT2D eigenvalue weighted by Gasteiger charge is 2.20. The van der Waals surface area contributed by atoms with Crippen molar-refractivity contribution in [3.8, 4) is 11.5 Å². The number of hydrogen-bond donors (Lipinski definition) is 2. The zero-order valence-corrected chi connectivity index (χ0v) is 18.6. The van der Waals surface area contributed by atoms with Crippen LogP contribution in [0.4, 0.5) is 0 Å². The number of amides is 1. The Morgan fingerprint density at radius 3 is 2.44 bits per heavy atom. The van der Waals surface area contributed by atoms with Gasteiger partial charge in [0.2, 0.25) is 0 Å². The van der Waals surface area contributed by atoms with Crippen LogP contribution in [0.3, 0.4) is 0 Å². The van der Waals surface area contributed by atoms with Gasteiger partial charge in [-0.1, -0.05) is 41.6 Å². The average molecular weight is 441 g/mol. The van der Waals surface area contributed by atoms with Crippen LogP contribution in [0.2, 0.25) is 0 Å². The molecule has 152 valence electrons. The Balaban J connectivity index is 2.09. The molecule has 5 nitrogen and oxygen atoms in total. The second-order valence-corrected chi connectivity index (χ2v) is 9.07. The number of carbonyl (C=O) groups is 1. The number of methoxy groups -OCH3 is 1. The van der Waals surface area contributed by atoms with Gasteiger partial charge in [0.1, 0.15) is 0 Å². The van der Waals surface area contributed by atoms with Crippen molar-refractivity contribution in [2.75, 3.05) is 13.7 Å². The SMILES string of the molecule is COc1ccc(Br)c(CNC2CCCCCC2)c1OCC(=O)NC(C)(C)C. The van der Waals surface area contributed by atoms with Crippen molar-refractivity contribution in [1.82, 2.24) is 10.6 Å². The van der Waals surface area contributed by atoms with Crippen LogP contribution in [0, 0.1) is 0 Å². The fraction of sp³-hybridized carbons (Fsp3) is 0.667. The standard InChI is InChI=1S/C21H33BrN2O3/c1-21(2,3)24-19(25)14-27-20-16(17(22)11-12-18(20)26-4)13-23-15-9-7-5-6-8-10-15/h11-12,15,23H,5-10,13-14H2,1-4H3,(H,24,25). The molecule has 0 radical (unpaired) electrons. The highest BCUT2D eigenvalue weighted by Crippen LogP contribution is 2.36. The Bertz CT molecular complexity index is 621. The van der Waals surface area contributed by atoms with E-state index >= 15 is 0 Å². The molecule has 1 aromatic carbocycles. The Morgan fingerprint density at radius 1 is 1.19 bits per heavy atom. The van der Waals surface area contributed by atoms with E-state index in [1.807, 2.05) is 32.9 Å². The predicted molar refractivity (Wildman–Crippen MR) is 112 cm³/mol. The molecular weight excluding hydrogens is 408 g/mol. The first-order chi connectivity index (χ1) is 12.8. The number of halogens is 1. The van der Waals surface area contributed by atoms with E-state index in [0.29, 0.717) is 24.1 Å². The fourth-order valence-electron chi connectivity index (χ4n) is 3.39. The lowest BCUT2D eigenvalue weighted by atomic mass is 10.1. The molecule has 0 heterocycles. The van der Waals surface area contributed by atoms with Crippen LogP contribution in [0.15, 0.2) is 16.6 Å². The van der Waals surface area contributed by atoms with Crippen molar-refractivity contribution < 1.29 is 14.3 Å². The molecule has 0 aromatic heterocycles. The van der Waals surface area contributed by atoms with Crippen molar-refractivity contribution in [3.05, 3.63) is 22.2 Å². The molecule has 0 spiro atoms. The molecule has 0 saturated heterocycles. The van der Waals surface area contributed by atoms with E-state index in [9.17, 15) is 4.79 Å². The van der Waals surface area contributed by atoms with E-state index in [4.69, 9.17) is 9.47 Å². The maximum Gasteiger partial charge on any atom is 0.258 e. The Hall–Kier alpha value is -1.27. The summed E-state index contributed by atoms with van der Waals surface area (Å²) in [5, 5.41) is 6.59. The van der Waals surface area contributed by atoms with Gasteiger partial charge in [-0.05, 0) is 45.7 Å². The van der Waals surface area contributed by atoms with E-state index < -0.39 is 0 Å². The molecule has 1 aliphatic carbocycles. The van der Waals surface area contributed by atoms with Gasteiger partial charge in [-0.15, -0.1) is 0 Å². The molecule has 1 amide bonds. The smallest absolute Gasteiger partial charge is 0.258 e. The number of nitrogens with one attached hydrogen (secondary N) is 2. The van der Waals surface area contributed by atoms with Gasteiger partial charge in [0.05, 0.1) is 7.11 Å². The van der Waals surface area contributed by atoms with Crippen molar-refractivity contribution in [1.29, 1.82) is 0 Å². The molecule has 0 unspecified atom stereocenters. The lowest BCUT2D eigenvalue weighted by Crippen LogP contribution is -2.43. The molecule has 0 bridgehead atoms. The quantitative estimate of drug-likeness (QED) is 0.609. The number of benzene rings is 1. The topological polar surface area (TPSA) is 59.6 Å². The Labute approximate surface area is 171 Å². The third-order valence-corrected chi connectivity index (χ3v) is 5.41. The maximum atomic E-state index is 12.2. The summed E-state index contributed by atoms with van der Waals surface area (Å²) in [4.78, 5) is 12.2. The molecule has 1 saturated carbocycles. The number of rotatable bonds is 7. The molecule has 1 aromatic rings. The monoisotopic (exact) mass is 440 g/mol. The number of hydrogen-bond acceptors (Lipinski definition) is 4. The van der Waals surface area contributed by atoms with Crippen LogP contribution < -0.4 is 20.1 Å². The fourth-order valence-corrected chi connectivity index (χ4v) is 3.84. The third kappa shape index (κ3) is 7.34. The van der Waals surface area contributed by atoms with Crippen molar-refractivity contribution in [2.24, 2.45) is 0 Å². The Kier molecular flexibility index (Phi) is 8.42. The summed E-state index contributed by atoms with van der Waals surface area (Å²) in [6, 6.07) is 4.35. The first-order valence-corrected chi connectivity index (χ1v) is 10.6. The van der Waals surface area contributed by atoms with Gasteiger partial charge >= 0.3 is 0 Å². The molecule has 0 atom stereocenters.